The van der Waals surface area contributed by atoms with Gasteiger partial charge in [0.15, 0.2) is 0 Å². The molecule has 2 heterocycles. The molecular formula is C19H28N2O2. The Morgan fingerprint density at radius 1 is 1.17 bits per heavy atom. The minimum Gasteiger partial charge on any atom is -0.493 e. The van der Waals surface area contributed by atoms with Gasteiger partial charge in [0, 0.05) is 13.0 Å². The van der Waals surface area contributed by atoms with Crippen LogP contribution in [-0.4, -0.2) is 37.0 Å². The molecule has 3 rings (SSSR count). The van der Waals surface area contributed by atoms with Gasteiger partial charge in [-0.2, -0.15) is 0 Å². The molecule has 0 bridgehead atoms. The van der Waals surface area contributed by atoms with Crippen LogP contribution in [0.25, 0.3) is 0 Å². The van der Waals surface area contributed by atoms with E-state index in [-0.39, 0.29) is 5.91 Å². The lowest BCUT2D eigenvalue weighted by Gasteiger charge is -2.34. The van der Waals surface area contributed by atoms with Crippen molar-refractivity contribution < 1.29 is 9.53 Å². The molecule has 23 heavy (non-hydrogen) atoms. The molecule has 2 N–H and O–H groups in total. The fourth-order valence-corrected chi connectivity index (χ4v) is 3.89. The number of likely N-dealkylation sites (tertiary alicyclic amines) is 1. The number of fused-ring (bicyclic) bond motifs is 1. The van der Waals surface area contributed by atoms with Crippen molar-refractivity contribution in [2.75, 3.05) is 26.2 Å². The number of nitrogens with zero attached hydrogens (tertiary/aromatic N) is 1. The van der Waals surface area contributed by atoms with Crippen molar-refractivity contribution in [2.45, 2.75) is 38.5 Å². The molecule has 1 fully saturated rings. The van der Waals surface area contributed by atoms with Gasteiger partial charge in [-0.25, -0.2) is 0 Å². The topological polar surface area (TPSA) is 55.6 Å². The summed E-state index contributed by atoms with van der Waals surface area (Å²) in [7, 11) is 0. The van der Waals surface area contributed by atoms with Crippen LogP contribution in [0.4, 0.5) is 0 Å². The van der Waals surface area contributed by atoms with E-state index in [2.05, 4.69) is 29.2 Å². The summed E-state index contributed by atoms with van der Waals surface area (Å²) in [5.41, 5.74) is 6.61. The number of hydrogen-bond acceptors (Lipinski definition) is 3. The van der Waals surface area contributed by atoms with Crippen LogP contribution in [0.3, 0.4) is 0 Å². The molecule has 126 valence electrons. The quantitative estimate of drug-likeness (QED) is 0.908. The number of hydrogen-bond donors (Lipinski definition) is 1. The zero-order chi connectivity index (χ0) is 16.1. The average molecular weight is 316 g/mol. The van der Waals surface area contributed by atoms with E-state index in [9.17, 15) is 4.79 Å². The molecule has 0 spiro atoms. The second kappa shape index (κ2) is 7.82. The summed E-state index contributed by atoms with van der Waals surface area (Å²) in [4.78, 5) is 13.5. The number of rotatable bonds is 5. The number of nitrogens with two attached hydrogens (primary N) is 1. The molecule has 4 heteroatoms. The third-order valence-corrected chi connectivity index (χ3v) is 5.29. The fraction of sp³-hybridized carbons (Fsp3) is 0.632. The second-order valence-corrected chi connectivity index (χ2v) is 7.06. The SMILES string of the molecule is NC(=O)CCC1CCN(C[C@H]2CCOc3ccccc3C2)CC1. The van der Waals surface area contributed by atoms with E-state index in [0.29, 0.717) is 18.3 Å². The van der Waals surface area contributed by atoms with Crippen molar-refractivity contribution in [1.29, 1.82) is 0 Å². The van der Waals surface area contributed by atoms with Gasteiger partial charge in [-0.05, 0) is 68.7 Å². The number of carbonyl (C=O) groups excluding carboxylic acids is 1. The Balaban J connectivity index is 1.46. The van der Waals surface area contributed by atoms with E-state index < -0.39 is 0 Å². The minimum absolute atomic E-state index is 0.162. The molecule has 2 aliphatic heterocycles. The summed E-state index contributed by atoms with van der Waals surface area (Å²) in [6.07, 6.45) is 6.17. The Labute approximate surface area is 139 Å². The van der Waals surface area contributed by atoms with Crippen molar-refractivity contribution in [2.24, 2.45) is 17.6 Å². The van der Waals surface area contributed by atoms with Gasteiger partial charge in [0.1, 0.15) is 5.75 Å². The molecule has 1 aromatic rings. The molecule has 1 atom stereocenters. The normalized spacial score (nSPS) is 22.9. The van der Waals surface area contributed by atoms with Crippen molar-refractivity contribution in [3.8, 4) is 5.75 Å². The Kier molecular flexibility index (Phi) is 5.55. The van der Waals surface area contributed by atoms with Crippen LogP contribution >= 0.6 is 0 Å². The zero-order valence-electron chi connectivity index (χ0n) is 13.9. The van der Waals surface area contributed by atoms with Gasteiger partial charge in [0.05, 0.1) is 6.61 Å². The Hall–Kier alpha value is -1.55. The van der Waals surface area contributed by atoms with Crippen LogP contribution in [-0.2, 0) is 11.2 Å². The maximum absolute atomic E-state index is 10.9. The molecule has 0 saturated carbocycles. The highest BCUT2D eigenvalue weighted by molar-refractivity contribution is 5.73. The van der Waals surface area contributed by atoms with E-state index >= 15 is 0 Å². The monoisotopic (exact) mass is 316 g/mol. The van der Waals surface area contributed by atoms with Gasteiger partial charge in [-0.15, -0.1) is 0 Å². The lowest BCUT2D eigenvalue weighted by molar-refractivity contribution is -0.118. The Morgan fingerprint density at radius 3 is 2.74 bits per heavy atom. The Bertz CT molecular complexity index is 524. The summed E-state index contributed by atoms with van der Waals surface area (Å²) in [6, 6.07) is 8.44. The maximum Gasteiger partial charge on any atom is 0.217 e. The Morgan fingerprint density at radius 2 is 1.96 bits per heavy atom. The van der Waals surface area contributed by atoms with Crippen LogP contribution in [0.5, 0.6) is 5.75 Å². The summed E-state index contributed by atoms with van der Waals surface area (Å²) < 4.78 is 5.88. The van der Waals surface area contributed by atoms with Gasteiger partial charge >= 0.3 is 0 Å². The number of ether oxygens (including phenoxy) is 1. The standard InChI is InChI=1S/C19H28N2O2/c20-19(22)6-5-15-7-10-21(11-8-15)14-16-9-12-23-18-4-2-1-3-17(18)13-16/h1-4,15-16H,5-14H2,(H2,20,22)/t16-/m0/s1. The molecule has 1 amide bonds. The minimum atomic E-state index is -0.162. The third-order valence-electron chi connectivity index (χ3n) is 5.29. The number of benzene rings is 1. The molecule has 0 unspecified atom stereocenters. The highest BCUT2D eigenvalue weighted by atomic mass is 16.5. The molecule has 0 aromatic heterocycles. The van der Waals surface area contributed by atoms with E-state index in [1.165, 1.54) is 24.9 Å². The lowest BCUT2D eigenvalue weighted by Crippen LogP contribution is -2.38. The van der Waals surface area contributed by atoms with Crippen LogP contribution in [0.1, 0.15) is 37.7 Å². The van der Waals surface area contributed by atoms with Crippen molar-refractivity contribution in [3.05, 3.63) is 29.8 Å². The summed E-state index contributed by atoms with van der Waals surface area (Å²) in [6.45, 7) is 4.31. The maximum atomic E-state index is 10.9. The third kappa shape index (κ3) is 4.71. The molecule has 1 saturated heterocycles. The van der Waals surface area contributed by atoms with E-state index in [1.54, 1.807) is 0 Å². The van der Waals surface area contributed by atoms with Gasteiger partial charge in [-0.1, -0.05) is 18.2 Å². The van der Waals surface area contributed by atoms with E-state index in [0.717, 1.165) is 44.7 Å². The first-order valence-corrected chi connectivity index (χ1v) is 8.92. The number of amides is 1. The lowest BCUT2D eigenvalue weighted by atomic mass is 9.90. The zero-order valence-corrected chi connectivity index (χ0v) is 13.9. The molecule has 4 nitrogen and oxygen atoms in total. The molecule has 2 aliphatic rings. The highest BCUT2D eigenvalue weighted by Crippen LogP contribution is 2.28. The fourth-order valence-electron chi connectivity index (χ4n) is 3.89. The van der Waals surface area contributed by atoms with Crippen LogP contribution in [0.15, 0.2) is 24.3 Å². The number of piperidine rings is 1. The van der Waals surface area contributed by atoms with Crippen molar-refractivity contribution >= 4 is 5.91 Å². The number of primary amides is 1. The first-order valence-electron chi connectivity index (χ1n) is 8.92. The van der Waals surface area contributed by atoms with Gasteiger partial charge < -0.3 is 15.4 Å². The first kappa shape index (κ1) is 16.3. The summed E-state index contributed by atoms with van der Waals surface area (Å²) in [5, 5.41) is 0. The number of carbonyl (C=O) groups is 1. The largest absolute Gasteiger partial charge is 0.493 e. The van der Waals surface area contributed by atoms with Crippen molar-refractivity contribution in [1.82, 2.24) is 4.90 Å². The predicted molar refractivity (Wildman–Crippen MR) is 91.3 cm³/mol. The van der Waals surface area contributed by atoms with E-state index in [1.807, 2.05) is 0 Å². The van der Waals surface area contributed by atoms with Crippen LogP contribution < -0.4 is 10.5 Å². The molecule has 1 aromatic carbocycles. The van der Waals surface area contributed by atoms with Crippen molar-refractivity contribution in [3.63, 3.8) is 0 Å². The number of para-hydroxylation sites is 1. The van der Waals surface area contributed by atoms with E-state index in [4.69, 9.17) is 10.5 Å². The molecular weight excluding hydrogens is 288 g/mol. The smallest absolute Gasteiger partial charge is 0.217 e. The molecule has 0 radical (unpaired) electrons. The molecule has 0 aliphatic carbocycles. The van der Waals surface area contributed by atoms with Crippen LogP contribution in [0, 0.1) is 11.8 Å². The second-order valence-electron chi connectivity index (χ2n) is 7.06. The average Bonchev–Trinajstić information content (AvgIpc) is 2.76. The first-order chi connectivity index (χ1) is 11.2. The summed E-state index contributed by atoms with van der Waals surface area (Å²) >= 11 is 0. The summed E-state index contributed by atoms with van der Waals surface area (Å²) in [5.74, 6) is 2.27. The van der Waals surface area contributed by atoms with Crippen LogP contribution in [0.2, 0.25) is 0 Å². The van der Waals surface area contributed by atoms with Gasteiger partial charge in [-0.3, -0.25) is 4.79 Å². The highest BCUT2D eigenvalue weighted by Gasteiger charge is 2.24. The predicted octanol–water partition coefficient (Wildman–Crippen LogP) is 2.61. The van der Waals surface area contributed by atoms with Gasteiger partial charge in [0.25, 0.3) is 0 Å². The van der Waals surface area contributed by atoms with Gasteiger partial charge in [0.2, 0.25) is 5.91 Å².